The molecular formula is C20H19Cl2N2NaO4. The van der Waals surface area contributed by atoms with Gasteiger partial charge in [0.1, 0.15) is 0 Å². The van der Waals surface area contributed by atoms with E-state index >= 15 is 0 Å². The van der Waals surface area contributed by atoms with Crippen LogP contribution in [0.5, 0.6) is 0 Å². The van der Waals surface area contributed by atoms with Crippen LogP contribution in [0.2, 0.25) is 10.0 Å². The van der Waals surface area contributed by atoms with E-state index in [4.69, 9.17) is 28.3 Å². The van der Waals surface area contributed by atoms with Crippen LogP contribution in [0.4, 0.5) is 4.79 Å². The van der Waals surface area contributed by atoms with Gasteiger partial charge in [0.05, 0.1) is 12.7 Å². The van der Waals surface area contributed by atoms with Crippen LogP contribution < -0.4 is 40.2 Å². The van der Waals surface area contributed by atoms with Crippen LogP contribution in [0.25, 0.3) is 0 Å². The van der Waals surface area contributed by atoms with Crippen LogP contribution in [0.3, 0.4) is 0 Å². The van der Waals surface area contributed by atoms with Gasteiger partial charge in [-0.25, -0.2) is 4.79 Å². The molecule has 1 aliphatic rings. The topological polar surface area (TPSA) is 95.5 Å². The number of fused-ring (bicyclic) bond motifs is 1. The first kappa shape index (κ1) is 25.5. The monoisotopic (exact) mass is 444 g/mol. The minimum atomic E-state index is -0.913. The first-order chi connectivity index (χ1) is 13.4. The number of amides is 2. The number of urea groups is 1. The van der Waals surface area contributed by atoms with Crippen molar-refractivity contribution in [3.8, 4) is 0 Å². The maximum atomic E-state index is 11.5. The Labute approximate surface area is 201 Å². The predicted octanol–water partition coefficient (Wildman–Crippen LogP) is 0.383. The summed E-state index contributed by atoms with van der Waals surface area (Å²) in [5.41, 5.74) is 2.77. The molecule has 0 heterocycles. The van der Waals surface area contributed by atoms with Crippen LogP contribution in [0.15, 0.2) is 42.5 Å². The van der Waals surface area contributed by atoms with E-state index in [0.29, 0.717) is 10.0 Å². The van der Waals surface area contributed by atoms with E-state index in [1.54, 1.807) is 24.5 Å². The van der Waals surface area contributed by atoms with E-state index in [1.165, 1.54) is 11.1 Å². The molecule has 0 fully saturated rings. The van der Waals surface area contributed by atoms with Gasteiger partial charge in [0.2, 0.25) is 0 Å². The van der Waals surface area contributed by atoms with Crippen molar-refractivity contribution in [2.45, 2.75) is 25.3 Å². The van der Waals surface area contributed by atoms with Gasteiger partial charge in [-0.3, -0.25) is 4.79 Å². The Morgan fingerprint density at radius 3 is 2.03 bits per heavy atom. The van der Waals surface area contributed by atoms with Crippen LogP contribution in [0.1, 0.15) is 23.1 Å². The summed E-state index contributed by atoms with van der Waals surface area (Å²) in [5, 5.41) is 14.5. The van der Waals surface area contributed by atoms with Crippen molar-refractivity contribution in [1.82, 2.24) is 10.6 Å². The summed E-state index contributed by atoms with van der Waals surface area (Å²) in [6.45, 7) is 0.154. The van der Waals surface area contributed by atoms with Crippen molar-refractivity contribution < 1.29 is 49.0 Å². The quantitative estimate of drug-likeness (QED) is 0.458. The molecule has 148 valence electrons. The number of carboxylic acids is 1. The van der Waals surface area contributed by atoms with Gasteiger partial charge < -0.3 is 20.5 Å². The summed E-state index contributed by atoms with van der Waals surface area (Å²) >= 11 is 11.2. The third-order valence-electron chi connectivity index (χ3n) is 4.08. The van der Waals surface area contributed by atoms with Gasteiger partial charge >= 0.3 is 41.6 Å². The molecule has 0 bridgehead atoms. The number of carboxylic acid groups (broad SMARTS) is 1. The Hall–Kier alpha value is -1.57. The molecular weight excluding hydrogens is 426 g/mol. The van der Waals surface area contributed by atoms with E-state index in [9.17, 15) is 14.4 Å². The van der Waals surface area contributed by atoms with Gasteiger partial charge in [-0.2, -0.15) is 23.2 Å². The molecule has 0 aromatic heterocycles. The molecule has 2 amide bonds. The summed E-state index contributed by atoms with van der Waals surface area (Å²) in [5.74, 6) is -0.913. The number of rotatable bonds is 5. The molecule has 0 radical (unpaired) electrons. The first-order valence-corrected chi connectivity index (χ1v) is 9.31. The van der Waals surface area contributed by atoms with Crippen molar-refractivity contribution in [1.29, 1.82) is 0 Å². The molecule has 3 N–H and O–H groups in total. The average Bonchev–Trinajstić information content (AvgIpc) is 3.04. The van der Waals surface area contributed by atoms with Crippen molar-refractivity contribution in [3.63, 3.8) is 0 Å². The number of carbonyl (C=O) groups is 2. The van der Waals surface area contributed by atoms with Crippen molar-refractivity contribution in [2.75, 3.05) is 6.54 Å². The van der Waals surface area contributed by atoms with Crippen LogP contribution in [-0.2, 0) is 22.4 Å². The molecule has 0 saturated carbocycles. The summed E-state index contributed by atoms with van der Waals surface area (Å²) < 4.78 is 0. The fourth-order valence-electron chi connectivity index (χ4n) is 2.78. The molecule has 0 spiro atoms. The predicted molar refractivity (Wildman–Crippen MR) is 108 cm³/mol. The van der Waals surface area contributed by atoms with Crippen molar-refractivity contribution in [2.24, 2.45) is 0 Å². The summed E-state index contributed by atoms with van der Waals surface area (Å²) in [4.78, 5) is 32.0. The minimum absolute atomic E-state index is 0. The molecule has 1 aliphatic carbocycles. The Morgan fingerprint density at radius 1 is 1.03 bits per heavy atom. The van der Waals surface area contributed by atoms with Crippen LogP contribution in [-0.4, -0.2) is 36.0 Å². The number of aliphatic carboxylic acids is 1. The van der Waals surface area contributed by atoms with Gasteiger partial charge in [-0.15, -0.1) is 17.7 Å². The Balaban J connectivity index is 0.000000327. The standard InChI is InChI=1S/C13H16N2O3.C7H3Cl2O.Na/c16-12(17)5-6-14-13(18)15-11-7-9-3-1-2-4-10(9)8-11;8-6-2-1-3-7(9)5(6)4-10;/h1-4,11H,5-8H2,(H,16,17)(H2,14,15,18);1-3H;/q;-1;+1. The SMILES string of the molecule is O=C(O)CCNC(=O)NC1Cc2ccccc2C1.O=[C-]c1c(Cl)cccc1Cl.[Na+]. The van der Waals surface area contributed by atoms with Gasteiger partial charge in [-0.05, 0) is 24.0 Å². The maximum Gasteiger partial charge on any atom is 1.00 e. The average molecular weight is 445 g/mol. The fraction of sp³-hybridized carbons (Fsp3) is 0.250. The van der Waals surface area contributed by atoms with Gasteiger partial charge in [0.25, 0.3) is 0 Å². The molecule has 0 atom stereocenters. The normalized spacial score (nSPS) is 11.9. The van der Waals surface area contributed by atoms with Gasteiger partial charge in [0.15, 0.2) is 0 Å². The maximum absolute atomic E-state index is 11.5. The van der Waals surface area contributed by atoms with Crippen molar-refractivity contribution >= 4 is 41.5 Å². The Kier molecular flexibility index (Phi) is 11.3. The zero-order chi connectivity index (χ0) is 20.5. The largest absolute Gasteiger partial charge is 1.00 e. The molecule has 9 heteroatoms. The fourth-order valence-corrected chi connectivity index (χ4v) is 3.25. The molecule has 6 nitrogen and oxygen atoms in total. The number of benzene rings is 2. The number of hydrogen-bond acceptors (Lipinski definition) is 3. The second-order valence-corrected chi connectivity index (χ2v) is 6.93. The second kappa shape index (κ2) is 12.9. The van der Waals surface area contributed by atoms with E-state index in [-0.39, 0.29) is 60.2 Å². The minimum Gasteiger partial charge on any atom is -0.481 e. The zero-order valence-corrected chi connectivity index (χ0v) is 19.4. The Morgan fingerprint density at radius 2 is 1.59 bits per heavy atom. The van der Waals surface area contributed by atoms with Crippen LogP contribution in [0, 0.1) is 0 Å². The Bertz CT molecular complexity index is 819. The molecule has 0 unspecified atom stereocenters. The number of carbonyl (C=O) groups excluding carboxylic acids is 2. The van der Waals surface area contributed by atoms with E-state index in [1.807, 2.05) is 12.1 Å². The summed E-state index contributed by atoms with van der Waals surface area (Å²) in [7, 11) is 0. The molecule has 0 aliphatic heterocycles. The number of hydrogen-bond donors (Lipinski definition) is 3. The van der Waals surface area contributed by atoms with Gasteiger partial charge in [-0.1, -0.05) is 40.4 Å². The van der Waals surface area contributed by atoms with Crippen molar-refractivity contribution in [3.05, 3.63) is 69.2 Å². The molecule has 2 aromatic carbocycles. The third-order valence-corrected chi connectivity index (χ3v) is 4.71. The molecule has 3 rings (SSSR count). The van der Waals surface area contributed by atoms with E-state index in [0.717, 1.165) is 12.8 Å². The number of halogens is 2. The van der Waals surface area contributed by atoms with E-state index < -0.39 is 5.97 Å². The van der Waals surface area contributed by atoms with Gasteiger partial charge in [0, 0.05) is 12.6 Å². The summed E-state index contributed by atoms with van der Waals surface area (Å²) in [6.07, 6.45) is 3.26. The van der Waals surface area contributed by atoms with E-state index in [2.05, 4.69) is 22.8 Å². The first-order valence-electron chi connectivity index (χ1n) is 8.55. The molecule has 29 heavy (non-hydrogen) atoms. The number of nitrogens with one attached hydrogen (secondary N) is 2. The second-order valence-electron chi connectivity index (χ2n) is 6.12. The molecule has 2 aromatic rings. The molecule has 0 saturated heterocycles. The summed E-state index contributed by atoms with van der Waals surface area (Å²) in [6, 6.07) is 12.8. The third kappa shape index (κ3) is 8.36. The zero-order valence-electron chi connectivity index (χ0n) is 15.9. The van der Waals surface area contributed by atoms with Crippen LogP contribution >= 0.6 is 23.2 Å². The smallest absolute Gasteiger partial charge is 0.481 e.